The fourth-order valence-electron chi connectivity index (χ4n) is 13.1. The molecule has 0 fully saturated rings. The first kappa shape index (κ1) is 41.0. The Morgan fingerprint density at radius 2 is 0.889 bits per heavy atom. The van der Waals surface area contributed by atoms with Crippen LogP contribution in [0.3, 0.4) is 0 Å². The molecule has 0 saturated heterocycles. The Labute approximate surface area is 378 Å². The van der Waals surface area contributed by atoms with Crippen LogP contribution in [-0.2, 0) is 32.5 Å². The molecule has 0 amide bonds. The molecular formula is C59H69BN2O. The van der Waals surface area contributed by atoms with Crippen LogP contribution in [0.2, 0.25) is 0 Å². The highest BCUT2D eigenvalue weighted by Crippen LogP contribution is 2.55. The first-order chi connectivity index (χ1) is 29.4. The molecule has 6 aromatic rings. The molecule has 0 bridgehead atoms. The Morgan fingerprint density at radius 1 is 0.429 bits per heavy atom. The summed E-state index contributed by atoms with van der Waals surface area (Å²) >= 11 is 0. The molecule has 3 nitrogen and oxygen atoms in total. The molecule has 3 aliphatic carbocycles. The summed E-state index contributed by atoms with van der Waals surface area (Å²) in [7, 11) is 0. The number of furan rings is 1. The van der Waals surface area contributed by atoms with Crippen LogP contribution >= 0.6 is 0 Å². The molecule has 63 heavy (non-hydrogen) atoms. The largest absolute Gasteiger partial charge is 0.468 e. The Kier molecular flexibility index (Phi) is 8.31. The minimum atomic E-state index is -0.0800. The van der Waals surface area contributed by atoms with E-state index in [-0.39, 0.29) is 39.2 Å². The number of rotatable bonds is 2. The summed E-state index contributed by atoms with van der Waals surface area (Å²) in [4.78, 5) is 5.27. The van der Waals surface area contributed by atoms with Gasteiger partial charge in [-0.15, -0.1) is 0 Å². The van der Waals surface area contributed by atoms with Crippen LogP contribution in [0.4, 0.5) is 34.1 Å². The van der Waals surface area contributed by atoms with Crippen LogP contribution in [0, 0.1) is 20.8 Å². The van der Waals surface area contributed by atoms with Crippen LogP contribution in [0.15, 0.2) is 77.2 Å². The molecule has 5 aromatic carbocycles. The molecule has 0 radical (unpaired) electrons. The van der Waals surface area contributed by atoms with Gasteiger partial charge in [-0.25, -0.2) is 0 Å². The average molecular weight is 833 g/mol. The number of benzene rings is 5. The summed E-state index contributed by atoms with van der Waals surface area (Å²) in [5.41, 5.74) is 25.4. The predicted molar refractivity (Wildman–Crippen MR) is 270 cm³/mol. The third-order valence-electron chi connectivity index (χ3n) is 17.3. The second-order valence-electron chi connectivity index (χ2n) is 24.9. The topological polar surface area (TPSA) is 19.6 Å². The maximum Gasteiger partial charge on any atom is 0.297 e. The maximum absolute atomic E-state index is 7.61. The molecule has 11 rings (SSSR count). The van der Waals surface area contributed by atoms with Crippen molar-refractivity contribution in [3.05, 3.63) is 123 Å². The van der Waals surface area contributed by atoms with Crippen LogP contribution < -0.4 is 26.4 Å². The summed E-state index contributed by atoms with van der Waals surface area (Å²) in [6.45, 7) is 36.2. The van der Waals surface area contributed by atoms with Gasteiger partial charge in [-0.05, 0) is 207 Å². The van der Waals surface area contributed by atoms with Crippen LogP contribution in [0.25, 0.3) is 11.0 Å². The van der Waals surface area contributed by atoms with E-state index in [0.29, 0.717) is 0 Å². The lowest BCUT2D eigenvalue weighted by molar-refractivity contribution is 0.332. The zero-order chi connectivity index (χ0) is 44.7. The highest BCUT2D eigenvalue weighted by Gasteiger charge is 2.50. The van der Waals surface area contributed by atoms with E-state index in [9.17, 15) is 0 Å². The summed E-state index contributed by atoms with van der Waals surface area (Å²) in [6, 6.07) is 29.8. The van der Waals surface area contributed by atoms with E-state index in [4.69, 9.17) is 4.42 Å². The Morgan fingerprint density at radius 3 is 1.46 bits per heavy atom. The molecule has 3 heterocycles. The fraction of sp³-hybridized carbons (Fsp3) is 0.458. The van der Waals surface area contributed by atoms with Crippen molar-refractivity contribution in [3.63, 3.8) is 0 Å². The summed E-state index contributed by atoms with van der Waals surface area (Å²) < 4.78 is 7.61. The average Bonchev–Trinajstić information content (AvgIpc) is 3.57. The summed E-state index contributed by atoms with van der Waals surface area (Å²) in [5, 5.41) is 1.23. The lowest BCUT2D eigenvalue weighted by atomic mass is 9.35. The first-order valence-corrected chi connectivity index (χ1v) is 24.2. The van der Waals surface area contributed by atoms with Crippen molar-refractivity contribution in [2.75, 3.05) is 9.80 Å². The smallest absolute Gasteiger partial charge is 0.297 e. The zero-order valence-electron chi connectivity index (χ0n) is 41.1. The lowest BCUT2D eigenvalue weighted by Crippen LogP contribution is -2.61. The van der Waals surface area contributed by atoms with Crippen molar-refractivity contribution in [3.8, 4) is 0 Å². The molecule has 5 aliphatic rings. The summed E-state index contributed by atoms with van der Waals surface area (Å²) in [5.74, 6) is 0. The monoisotopic (exact) mass is 833 g/mol. The Hall–Kier alpha value is -4.70. The lowest BCUT2D eigenvalue weighted by Gasteiger charge is -2.47. The van der Waals surface area contributed by atoms with Gasteiger partial charge in [0.25, 0.3) is 6.71 Å². The van der Waals surface area contributed by atoms with Crippen molar-refractivity contribution in [1.82, 2.24) is 0 Å². The van der Waals surface area contributed by atoms with E-state index >= 15 is 0 Å². The Bertz CT molecular complexity index is 2950. The third-order valence-corrected chi connectivity index (χ3v) is 17.3. The minimum Gasteiger partial charge on any atom is -0.468 e. The number of fused-ring (bicyclic) bond motifs is 9. The SMILES string of the molecule is Cc1cc(C)cc(N2c3cc(C)cc4c3B(c3cc5c(cc3N4c3ccc4c(c3)C(C)(C)CCC4(C)C)C(C)(C)CCC5(C)C)c3oc4cc5c(cc4c32)C(C)(C)CCC5(C)C)c1. The second kappa shape index (κ2) is 12.8. The zero-order valence-corrected chi connectivity index (χ0v) is 41.1. The quantitative estimate of drug-likeness (QED) is 0.162. The van der Waals surface area contributed by atoms with Gasteiger partial charge in [-0.2, -0.15) is 0 Å². The van der Waals surface area contributed by atoms with Gasteiger partial charge in [0.1, 0.15) is 5.58 Å². The van der Waals surface area contributed by atoms with Crippen molar-refractivity contribution >= 4 is 68.4 Å². The number of hydrogen-bond donors (Lipinski definition) is 0. The van der Waals surface area contributed by atoms with Gasteiger partial charge < -0.3 is 14.2 Å². The van der Waals surface area contributed by atoms with Gasteiger partial charge in [0, 0.05) is 33.8 Å². The van der Waals surface area contributed by atoms with Gasteiger partial charge >= 0.3 is 0 Å². The van der Waals surface area contributed by atoms with Crippen molar-refractivity contribution in [2.45, 2.75) is 175 Å². The van der Waals surface area contributed by atoms with E-state index in [1.165, 1.54) is 139 Å². The van der Waals surface area contributed by atoms with Crippen molar-refractivity contribution < 1.29 is 4.42 Å². The molecule has 0 unspecified atom stereocenters. The fourth-order valence-corrected chi connectivity index (χ4v) is 13.1. The van der Waals surface area contributed by atoms with Crippen molar-refractivity contribution in [2.24, 2.45) is 0 Å². The molecular weight excluding hydrogens is 763 g/mol. The summed E-state index contributed by atoms with van der Waals surface area (Å²) in [6.07, 6.45) is 7.07. The minimum absolute atomic E-state index is 0.0508. The molecule has 324 valence electrons. The van der Waals surface area contributed by atoms with Gasteiger partial charge in [0.05, 0.1) is 11.3 Å². The van der Waals surface area contributed by atoms with E-state index in [1.54, 1.807) is 0 Å². The number of hydrogen-bond acceptors (Lipinski definition) is 3. The van der Waals surface area contributed by atoms with Crippen molar-refractivity contribution in [1.29, 1.82) is 0 Å². The Balaban J connectivity index is 1.28. The highest BCUT2D eigenvalue weighted by atomic mass is 16.3. The standard InChI is InChI=1S/C59H69BN2O/c1-34-24-35(2)26-38(25-34)62-49-28-36(3)27-48-51(49)60(53-52(62)39-30-42-45(33-50(39)63-53)59(14,15)23-20-56(42,8)9)46-31-43-44(58(12,13)22-21-57(43,10)11)32-47(46)61(48)37-16-17-40-41(29-37)55(6,7)19-18-54(40,4)5/h16-17,24-33H,18-23H2,1-15H3. The van der Waals surface area contributed by atoms with E-state index < -0.39 is 0 Å². The molecule has 0 N–H and O–H groups in total. The first-order valence-electron chi connectivity index (χ1n) is 24.2. The maximum atomic E-state index is 7.61. The molecule has 0 atom stereocenters. The van der Waals surface area contributed by atoms with Gasteiger partial charge in [0.2, 0.25) is 0 Å². The number of aryl methyl sites for hydroxylation is 3. The van der Waals surface area contributed by atoms with E-state index in [0.717, 1.165) is 11.2 Å². The molecule has 0 spiro atoms. The second-order valence-corrected chi connectivity index (χ2v) is 24.9. The van der Waals surface area contributed by atoms with Crippen LogP contribution in [0.5, 0.6) is 0 Å². The molecule has 0 saturated carbocycles. The molecule has 1 aromatic heterocycles. The van der Waals surface area contributed by atoms with Crippen LogP contribution in [-0.4, -0.2) is 6.71 Å². The van der Waals surface area contributed by atoms with E-state index in [1.807, 2.05) is 0 Å². The third kappa shape index (κ3) is 5.84. The van der Waals surface area contributed by atoms with Crippen LogP contribution in [0.1, 0.15) is 172 Å². The van der Waals surface area contributed by atoms with Gasteiger partial charge in [0.15, 0.2) is 0 Å². The van der Waals surface area contributed by atoms with Gasteiger partial charge in [-0.3, -0.25) is 0 Å². The highest BCUT2D eigenvalue weighted by molar-refractivity contribution is 7.00. The number of anilines is 6. The number of nitrogens with zero attached hydrogens (tertiary/aromatic N) is 2. The molecule has 4 heteroatoms. The van der Waals surface area contributed by atoms with E-state index in [2.05, 4.69) is 186 Å². The van der Waals surface area contributed by atoms with Gasteiger partial charge in [-0.1, -0.05) is 101 Å². The molecule has 2 aliphatic heterocycles. The predicted octanol–water partition coefficient (Wildman–Crippen LogP) is 14.5. The normalized spacial score (nSPS) is 21.2.